The van der Waals surface area contributed by atoms with Gasteiger partial charge in [-0.2, -0.15) is 0 Å². The lowest BCUT2D eigenvalue weighted by molar-refractivity contribution is -0.117. The van der Waals surface area contributed by atoms with Crippen molar-refractivity contribution >= 4 is 11.6 Å². The minimum Gasteiger partial charge on any atom is -0.454 e. The Morgan fingerprint density at radius 2 is 2.18 bits per heavy atom. The first-order valence-electron chi connectivity index (χ1n) is 5.68. The van der Waals surface area contributed by atoms with Crippen LogP contribution in [0.1, 0.15) is 6.42 Å². The molecule has 1 aromatic rings. The summed E-state index contributed by atoms with van der Waals surface area (Å²) in [4.78, 5) is 13.6. The van der Waals surface area contributed by atoms with Gasteiger partial charge < -0.3 is 20.1 Å². The number of anilines is 1. The first-order valence-corrected chi connectivity index (χ1v) is 5.68. The number of carbonyl (C=O) groups excluding carboxylic acids is 1. The van der Waals surface area contributed by atoms with Crippen LogP contribution in [0, 0.1) is 5.92 Å². The number of hydrogen-bond acceptors (Lipinski definition) is 4. The molecule has 0 aliphatic carbocycles. The van der Waals surface area contributed by atoms with Gasteiger partial charge in [-0.3, -0.25) is 4.79 Å². The zero-order chi connectivity index (χ0) is 11.8. The van der Waals surface area contributed by atoms with E-state index >= 15 is 0 Å². The molecule has 1 unspecified atom stereocenters. The van der Waals surface area contributed by atoms with Gasteiger partial charge in [0.15, 0.2) is 11.5 Å². The van der Waals surface area contributed by atoms with Crippen LogP contribution in [-0.2, 0) is 4.79 Å². The highest BCUT2D eigenvalue weighted by Gasteiger charge is 2.30. The minimum atomic E-state index is 0.124. The summed E-state index contributed by atoms with van der Waals surface area (Å²) in [5.41, 5.74) is 6.46. The molecule has 1 fully saturated rings. The van der Waals surface area contributed by atoms with Gasteiger partial charge >= 0.3 is 0 Å². The van der Waals surface area contributed by atoms with Crippen molar-refractivity contribution < 1.29 is 14.3 Å². The molecular formula is C12H14N2O3. The van der Waals surface area contributed by atoms with Gasteiger partial charge in [-0.25, -0.2) is 0 Å². The van der Waals surface area contributed by atoms with Crippen LogP contribution in [0.25, 0.3) is 0 Å². The quantitative estimate of drug-likeness (QED) is 0.819. The third kappa shape index (κ3) is 1.72. The fourth-order valence-corrected chi connectivity index (χ4v) is 2.24. The van der Waals surface area contributed by atoms with E-state index in [-0.39, 0.29) is 18.6 Å². The molecule has 2 N–H and O–H groups in total. The van der Waals surface area contributed by atoms with Crippen LogP contribution in [0.5, 0.6) is 11.5 Å². The topological polar surface area (TPSA) is 64.8 Å². The van der Waals surface area contributed by atoms with E-state index in [4.69, 9.17) is 15.2 Å². The fourth-order valence-electron chi connectivity index (χ4n) is 2.24. The number of amides is 1. The predicted octanol–water partition coefficient (Wildman–Crippen LogP) is 0.727. The number of carbonyl (C=O) groups is 1. The van der Waals surface area contributed by atoms with Crippen LogP contribution in [0.2, 0.25) is 0 Å². The lowest BCUT2D eigenvalue weighted by atomic mass is 10.1. The normalized spacial score (nSPS) is 22.3. The second kappa shape index (κ2) is 3.92. The first-order chi connectivity index (χ1) is 8.28. The molecule has 0 aromatic heterocycles. The molecule has 0 saturated carbocycles. The molecule has 17 heavy (non-hydrogen) atoms. The lowest BCUT2D eigenvalue weighted by Gasteiger charge is -2.16. The molecule has 1 aromatic carbocycles. The number of nitrogens with two attached hydrogens (primary N) is 1. The van der Waals surface area contributed by atoms with Crippen molar-refractivity contribution in [2.45, 2.75) is 6.42 Å². The van der Waals surface area contributed by atoms with Gasteiger partial charge in [0.25, 0.3) is 0 Å². The summed E-state index contributed by atoms with van der Waals surface area (Å²) in [6, 6.07) is 5.56. The molecule has 0 bridgehead atoms. The monoisotopic (exact) mass is 234 g/mol. The maximum Gasteiger partial charge on any atom is 0.231 e. The zero-order valence-corrected chi connectivity index (χ0v) is 9.39. The lowest BCUT2D eigenvalue weighted by Crippen LogP contribution is -2.25. The standard InChI is InChI=1S/C12H14N2O3/c13-5-8-3-12(15)14(6-8)9-1-2-10-11(4-9)17-7-16-10/h1-2,4,8H,3,5-7,13H2. The molecule has 0 spiro atoms. The summed E-state index contributed by atoms with van der Waals surface area (Å²) < 4.78 is 10.5. The molecule has 1 amide bonds. The molecule has 1 atom stereocenters. The highest BCUT2D eigenvalue weighted by molar-refractivity contribution is 5.96. The summed E-state index contributed by atoms with van der Waals surface area (Å²) in [6.07, 6.45) is 0.533. The van der Waals surface area contributed by atoms with Crippen molar-refractivity contribution in [3.8, 4) is 11.5 Å². The zero-order valence-electron chi connectivity index (χ0n) is 9.39. The van der Waals surface area contributed by atoms with Crippen molar-refractivity contribution in [3.05, 3.63) is 18.2 Å². The summed E-state index contributed by atoms with van der Waals surface area (Å²) in [7, 11) is 0. The van der Waals surface area contributed by atoms with E-state index in [2.05, 4.69) is 0 Å². The van der Waals surface area contributed by atoms with E-state index in [1.165, 1.54) is 0 Å². The Balaban J connectivity index is 1.87. The Morgan fingerprint density at radius 3 is 2.94 bits per heavy atom. The Bertz CT molecular complexity index is 461. The van der Waals surface area contributed by atoms with Crippen LogP contribution in [0.3, 0.4) is 0 Å². The second-order valence-electron chi connectivity index (χ2n) is 4.35. The van der Waals surface area contributed by atoms with E-state index in [0.29, 0.717) is 25.3 Å². The highest BCUT2D eigenvalue weighted by Crippen LogP contribution is 2.36. The summed E-state index contributed by atoms with van der Waals surface area (Å²) in [6.45, 7) is 1.49. The molecule has 2 heterocycles. The van der Waals surface area contributed by atoms with E-state index < -0.39 is 0 Å². The number of benzene rings is 1. The van der Waals surface area contributed by atoms with Crippen molar-refractivity contribution in [1.29, 1.82) is 0 Å². The molecule has 5 heteroatoms. The minimum absolute atomic E-state index is 0.124. The SMILES string of the molecule is NCC1CC(=O)N(c2ccc3c(c2)OCO3)C1. The maximum atomic E-state index is 11.8. The molecule has 3 rings (SSSR count). The van der Waals surface area contributed by atoms with Crippen LogP contribution in [-0.4, -0.2) is 25.8 Å². The number of nitrogens with zero attached hydrogens (tertiary/aromatic N) is 1. The van der Waals surface area contributed by atoms with Gasteiger partial charge in [0.2, 0.25) is 12.7 Å². The molecule has 0 radical (unpaired) electrons. The molecule has 2 aliphatic rings. The van der Waals surface area contributed by atoms with Crippen LogP contribution >= 0.6 is 0 Å². The van der Waals surface area contributed by atoms with Gasteiger partial charge in [-0.1, -0.05) is 0 Å². The third-order valence-corrected chi connectivity index (χ3v) is 3.21. The molecule has 90 valence electrons. The second-order valence-corrected chi connectivity index (χ2v) is 4.35. The van der Waals surface area contributed by atoms with Crippen molar-refractivity contribution in [2.24, 2.45) is 11.7 Å². The average Bonchev–Trinajstić information content (AvgIpc) is 2.93. The van der Waals surface area contributed by atoms with E-state index in [1.807, 2.05) is 18.2 Å². The van der Waals surface area contributed by atoms with Crippen molar-refractivity contribution in [3.63, 3.8) is 0 Å². The van der Waals surface area contributed by atoms with E-state index in [1.54, 1.807) is 4.90 Å². The Hall–Kier alpha value is -1.75. The predicted molar refractivity (Wildman–Crippen MR) is 62.1 cm³/mol. The van der Waals surface area contributed by atoms with Crippen molar-refractivity contribution in [2.75, 3.05) is 24.8 Å². The smallest absolute Gasteiger partial charge is 0.231 e. The van der Waals surface area contributed by atoms with E-state index in [9.17, 15) is 4.79 Å². The average molecular weight is 234 g/mol. The summed E-state index contributed by atoms with van der Waals surface area (Å²) in [5.74, 6) is 1.81. The van der Waals surface area contributed by atoms with Crippen molar-refractivity contribution in [1.82, 2.24) is 0 Å². The fraction of sp³-hybridized carbons (Fsp3) is 0.417. The number of rotatable bonds is 2. The Labute approximate surface area is 99.1 Å². The summed E-state index contributed by atoms with van der Waals surface area (Å²) in [5, 5.41) is 0. The molecule has 2 aliphatic heterocycles. The van der Waals surface area contributed by atoms with E-state index in [0.717, 1.165) is 11.4 Å². The van der Waals surface area contributed by atoms with Gasteiger partial charge in [-0.05, 0) is 24.6 Å². The molecule has 5 nitrogen and oxygen atoms in total. The number of fused-ring (bicyclic) bond motifs is 1. The van der Waals surface area contributed by atoms with Crippen LogP contribution in [0.4, 0.5) is 5.69 Å². The Morgan fingerprint density at radius 1 is 1.35 bits per heavy atom. The molecular weight excluding hydrogens is 220 g/mol. The Kier molecular flexibility index (Phi) is 2.40. The van der Waals surface area contributed by atoms with Gasteiger partial charge in [0.05, 0.1) is 0 Å². The van der Waals surface area contributed by atoms with Gasteiger partial charge in [-0.15, -0.1) is 0 Å². The van der Waals surface area contributed by atoms with Crippen LogP contribution < -0.4 is 20.1 Å². The number of ether oxygens (including phenoxy) is 2. The van der Waals surface area contributed by atoms with Gasteiger partial charge in [0.1, 0.15) is 0 Å². The summed E-state index contributed by atoms with van der Waals surface area (Å²) >= 11 is 0. The molecule has 1 saturated heterocycles. The maximum absolute atomic E-state index is 11.8. The highest BCUT2D eigenvalue weighted by atomic mass is 16.7. The van der Waals surface area contributed by atoms with Crippen LogP contribution in [0.15, 0.2) is 18.2 Å². The number of hydrogen-bond donors (Lipinski definition) is 1. The first kappa shape index (κ1) is 10.4. The third-order valence-electron chi connectivity index (χ3n) is 3.21. The van der Waals surface area contributed by atoms with Gasteiger partial charge in [0, 0.05) is 24.7 Å². The largest absolute Gasteiger partial charge is 0.454 e.